The lowest BCUT2D eigenvalue weighted by Crippen LogP contribution is -2.38. The van der Waals surface area contributed by atoms with Gasteiger partial charge in [-0.3, -0.25) is 9.59 Å². The van der Waals surface area contributed by atoms with Crippen molar-refractivity contribution in [2.24, 2.45) is 5.92 Å². The van der Waals surface area contributed by atoms with Gasteiger partial charge in [0.15, 0.2) is 0 Å². The molecule has 1 aromatic rings. The summed E-state index contributed by atoms with van der Waals surface area (Å²) in [6, 6.07) is 2.11. The van der Waals surface area contributed by atoms with Crippen molar-refractivity contribution >= 4 is 11.9 Å². The van der Waals surface area contributed by atoms with Crippen LogP contribution in [0.1, 0.15) is 37.7 Å². The Morgan fingerprint density at radius 1 is 1.32 bits per heavy atom. The van der Waals surface area contributed by atoms with Gasteiger partial charge < -0.3 is 15.4 Å². The Morgan fingerprint density at radius 2 is 2.05 bits per heavy atom. The van der Waals surface area contributed by atoms with Gasteiger partial charge in [0.05, 0.1) is 5.92 Å². The molecule has 5 heteroatoms. The minimum Gasteiger partial charge on any atom is -0.481 e. The highest BCUT2D eigenvalue weighted by atomic mass is 16.4. The van der Waals surface area contributed by atoms with Crippen LogP contribution >= 0.6 is 0 Å². The van der Waals surface area contributed by atoms with Gasteiger partial charge in [0.1, 0.15) is 0 Å². The molecule has 0 aromatic carbocycles. The SMILES string of the molecule is O=C(CCc1cc[nH]c1)NC1CCC(C(=O)O)CC1. The van der Waals surface area contributed by atoms with E-state index in [1.54, 1.807) is 0 Å². The average molecular weight is 264 g/mol. The first kappa shape index (κ1) is 13.6. The lowest BCUT2D eigenvalue weighted by molar-refractivity contribution is -0.142. The van der Waals surface area contributed by atoms with Gasteiger partial charge in [0.2, 0.25) is 5.91 Å². The highest BCUT2D eigenvalue weighted by molar-refractivity contribution is 5.76. The minimum atomic E-state index is -0.711. The molecule has 0 aliphatic heterocycles. The Balaban J connectivity index is 1.67. The molecule has 104 valence electrons. The number of carbonyl (C=O) groups excluding carboxylic acids is 1. The lowest BCUT2D eigenvalue weighted by atomic mass is 9.86. The number of carbonyl (C=O) groups is 2. The fourth-order valence-corrected chi connectivity index (χ4v) is 2.56. The van der Waals surface area contributed by atoms with Crippen LogP contribution in [-0.4, -0.2) is 28.0 Å². The predicted molar refractivity (Wildman–Crippen MR) is 70.6 cm³/mol. The molecule has 1 amide bonds. The summed E-state index contributed by atoms with van der Waals surface area (Å²) in [5.41, 5.74) is 1.13. The van der Waals surface area contributed by atoms with Crippen molar-refractivity contribution in [1.29, 1.82) is 0 Å². The van der Waals surface area contributed by atoms with E-state index < -0.39 is 5.97 Å². The topological polar surface area (TPSA) is 82.2 Å². The molecule has 0 atom stereocenters. The predicted octanol–water partition coefficient (Wildman–Crippen LogP) is 1.71. The summed E-state index contributed by atoms with van der Waals surface area (Å²) in [6.07, 6.45) is 7.83. The fraction of sp³-hybridized carbons (Fsp3) is 0.571. The second-order valence-electron chi connectivity index (χ2n) is 5.17. The van der Waals surface area contributed by atoms with Gasteiger partial charge in [-0.15, -0.1) is 0 Å². The Morgan fingerprint density at radius 3 is 2.63 bits per heavy atom. The number of carboxylic acids is 1. The van der Waals surface area contributed by atoms with Gasteiger partial charge >= 0.3 is 5.97 Å². The second kappa shape index (κ2) is 6.41. The van der Waals surface area contributed by atoms with E-state index in [0.29, 0.717) is 19.3 Å². The van der Waals surface area contributed by atoms with E-state index in [2.05, 4.69) is 10.3 Å². The van der Waals surface area contributed by atoms with Gasteiger partial charge in [-0.1, -0.05) is 0 Å². The maximum Gasteiger partial charge on any atom is 0.306 e. The molecular formula is C14H20N2O3. The van der Waals surface area contributed by atoms with E-state index in [-0.39, 0.29) is 17.9 Å². The van der Waals surface area contributed by atoms with Crippen molar-refractivity contribution in [3.05, 3.63) is 24.0 Å². The molecule has 0 spiro atoms. The van der Waals surface area contributed by atoms with Crippen molar-refractivity contribution in [1.82, 2.24) is 10.3 Å². The Bertz CT molecular complexity index is 420. The fourth-order valence-electron chi connectivity index (χ4n) is 2.56. The molecule has 1 aliphatic rings. The van der Waals surface area contributed by atoms with Gasteiger partial charge in [0.25, 0.3) is 0 Å². The van der Waals surface area contributed by atoms with Crippen LogP contribution in [0, 0.1) is 5.92 Å². The molecule has 1 aromatic heterocycles. The maximum atomic E-state index is 11.8. The molecule has 3 N–H and O–H groups in total. The largest absolute Gasteiger partial charge is 0.481 e. The maximum absolute atomic E-state index is 11.8. The third kappa shape index (κ3) is 4.12. The molecular weight excluding hydrogens is 244 g/mol. The Kier molecular flexibility index (Phi) is 4.60. The van der Waals surface area contributed by atoms with Crippen LogP contribution in [0.25, 0.3) is 0 Å². The van der Waals surface area contributed by atoms with Crippen LogP contribution in [0.2, 0.25) is 0 Å². The van der Waals surface area contributed by atoms with E-state index in [1.807, 2.05) is 18.5 Å². The van der Waals surface area contributed by atoms with Crippen LogP contribution in [0.5, 0.6) is 0 Å². The molecule has 1 aliphatic carbocycles. The van der Waals surface area contributed by atoms with E-state index in [1.165, 1.54) is 0 Å². The number of hydrogen-bond acceptors (Lipinski definition) is 2. The normalized spacial score (nSPS) is 22.9. The molecule has 1 heterocycles. The van der Waals surface area contributed by atoms with E-state index in [4.69, 9.17) is 5.11 Å². The van der Waals surface area contributed by atoms with Gasteiger partial charge in [-0.2, -0.15) is 0 Å². The summed E-state index contributed by atoms with van der Waals surface area (Å²) in [7, 11) is 0. The molecule has 0 saturated heterocycles. The number of H-pyrrole nitrogens is 1. The van der Waals surface area contributed by atoms with Crippen molar-refractivity contribution in [3.8, 4) is 0 Å². The summed E-state index contributed by atoms with van der Waals surface area (Å²) >= 11 is 0. The Labute approximate surface area is 112 Å². The number of aromatic nitrogens is 1. The van der Waals surface area contributed by atoms with Gasteiger partial charge in [-0.05, 0) is 43.7 Å². The van der Waals surface area contributed by atoms with Gasteiger partial charge in [-0.25, -0.2) is 0 Å². The third-order valence-electron chi connectivity index (χ3n) is 3.74. The monoisotopic (exact) mass is 264 g/mol. The smallest absolute Gasteiger partial charge is 0.306 e. The second-order valence-corrected chi connectivity index (χ2v) is 5.17. The standard InChI is InChI=1S/C14H20N2O3/c17-13(6-1-10-7-8-15-9-10)16-12-4-2-11(3-5-12)14(18)19/h7-9,11-12,15H,1-6H2,(H,16,17)(H,18,19). The summed E-state index contributed by atoms with van der Waals surface area (Å²) < 4.78 is 0. The number of aromatic amines is 1. The molecule has 0 bridgehead atoms. The molecule has 5 nitrogen and oxygen atoms in total. The zero-order valence-electron chi connectivity index (χ0n) is 10.9. The lowest BCUT2D eigenvalue weighted by Gasteiger charge is -2.26. The van der Waals surface area contributed by atoms with E-state index in [0.717, 1.165) is 24.8 Å². The van der Waals surface area contributed by atoms with Crippen LogP contribution in [0.3, 0.4) is 0 Å². The van der Waals surface area contributed by atoms with Crippen LogP contribution in [-0.2, 0) is 16.0 Å². The first-order valence-corrected chi connectivity index (χ1v) is 6.79. The number of aryl methyl sites for hydroxylation is 1. The minimum absolute atomic E-state index is 0.0555. The van der Waals surface area contributed by atoms with Gasteiger partial charge in [0, 0.05) is 24.9 Å². The summed E-state index contributed by atoms with van der Waals surface area (Å²) in [4.78, 5) is 25.6. The Hall–Kier alpha value is -1.78. The van der Waals surface area contributed by atoms with Crippen LogP contribution < -0.4 is 5.32 Å². The highest BCUT2D eigenvalue weighted by Gasteiger charge is 2.26. The summed E-state index contributed by atoms with van der Waals surface area (Å²) in [5, 5.41) is 11.9. The highest BCUT2D eigenvalue weighted by Crippen LogP contribution is 2.24. The number of amides is 1. The quantitative estimate of drug-likeness (QED) is 0.757. The van der Waals surface area contributed by atoms with Crippen molar-refractivity contribution in [3.63, 3.8) is 0 Å². The first-order valence-electron chi connectivity index (χ1n) is 6.79. The number of rotatable bonds is 5. The molecule has 1 saturated carbocycles. The first-order chi connectivity index (χ1) is 9.15. The molecule has 2 rings (SSSR count). The summed E-state index contributed by atoms with van der Waals surface area (Å²) in [6.45, 7) is 0. The van der Waals surface area contributed by atoms with Crippen LogP contribution in [0.4, 0.5) is 0 Å². The number of nitrogens with one attached hydrogen (secondary N) is 2. The van der Waals surface area contributed by atoms with Crippen molar-refractivity contribution in [2.75, 3.05) is 0 Å². The van der Waals surface area contributed by atoms with Crippen molar-refractivity contribution < 1.29 is 14.7 Å². The number of aliphatic carboxylic acids is 1. The van der Waals surface area contributed by atoms with E-state index in [9.17, 15) is 9.59 Å². The van der Waals surface area contributed by atoms with Crippen LogP contribution in [0.15, 0.2) is 18.5 Å². The average Bonchev–Trinajstić information content (AvgIpc) is 2.90. The van der Waals surface area contributed by atoms with Crippen molar-refractivity contribution in [2.45, 2.75) is 44.6 Å². The zero-order valence-corrected chi connectivity index (χ0v) is 10.9. The summed E-state index contributed by atoms with van der Waals surface area (Å²) in [5.74, 6) is -0.884. The zero-order chi connectivity index (χ0) is 13.7. The number of carboxylic acid groups (broad SMARTS) is 1. The van der Waals surface area contributed by atoms with E-state index >= 15 is 0 Å². The third-order valence-corrected chi connectivity index (χ3v) is 3.74. The molecule has 19 heavy (non-hydrogen) atoms. The number of hydrogen-bond donors (Lipinski definition) is 3. The molecule has 0 radical (unpaired) electrons. The molecule has 0 unspecified atom stereocenters. The molecule has 1 fully saturated rings.